The van der Waals surface area contributed by atoms with E-state index in [1.54, 1.807) is 6.07 Å². The zero-order valence-corrected chi connectivity index (χ0v) is 9.76. The van der Waals surface area contributed by atoms with Crippen LogP contribution in [0.2, 0.25) is 0 Å². The summed E-state index contributed by atoms with van der Waals surface area (Å²) in [5.41, 5.74) is 0. The lowest BCUT2D eigenvalue weighted by atomic mass is 10.2. The van der Waals surface area contributed by atoms with E-state index in [1.165, 1.54) is 11.3 Å². The van der Waals surface area contributed by atoms with Gasteiger partial charge in [0.05, 0.1) is 4.88 Å². The van der Waals surface area contributed by atoms with Crippen LogP contribution in [0.4, 0.5) is 0 Å². The molecular weight excluding hydrogens is 224 g/mol. The summed E-state index contributed by atoms with van der Waals surface area (Å²) in [6, 6.07) is 3.61. The third kappa shape index (κ3) is 2.61. The van der Waals surface area contributed by atoms with Crippen LogP contribution in [0.25, 0.3) is 0 Å². The third-order valence-corrected chi connectivity index (χ3v) is 3.45. The zero-order valence-electron chi connectivity index (χ0n) is 8.94. The first-order chi connectivity index (χ1) is 7.77. The topological polar surface area (TPSA) is 49.4 Å². The van der Waals surface area contributed by atoms with Gasteiger partial charge >= 0.3 is 0 Å². The molecule has 4 nitrogen and oxygen atoms in total. The van der Waals surface area contributed by atoms with E-state index in [9.17, 15) is 9.59 Å². The van der Waals surface area contributed by atoms with Gasteiger partial charge in [-0.2, -0.15) is 0 Å². The van der Waals surface area contributed by atoms with Crippen molar-refractivity contribution in [2.24, 2.45) is 0 Å². The molecule has 1 aliphatic rings. The summed E-state index contributed by atoms with van der Waals surface area (Å²) in [5, 5.41) is 4.60. The van der Waals surface area contributed by atoms with E-state index in [0.29, 0.717) is 17.8 Å². The second-order valence-corrected chi connectivity index (χ2v) is 4.67. The number of hydrogen-bond donors (Lipinski definition) is 1. The summed E-state index contributed by atoms with van der Waals surface area (Å²) in [7, 11) is 0. The van der Waals surface area contributed by atoms with Crippen molar-refractivity contribution >= 4 is 23.2 Å². The van der Waals surface area contributed by atoms with Gasteiger partial charge in [-0.15, -0.1) is 11.3 Å². The van der Waals surface area contributed by atoms with Gasteiger partial charge in [0.25, 0.3) is 5.91 Å². The van der Waals surface area contributed by atoms with Gasteiger partial charge in [-0.3, -0.25) is 9.59 Å². The van der Waals surface area contributed by atoms with Gasteiger partial charge in [0, 0.05) is 26.1 Å². The number of thiophene rings is 1. The average Bonchev–Trinajstić information content (AvgIpc) is 2.67. The number of likely N-dealkylation sites (tertiary alicyclic amines) is 1. The van der Waals surface area contributed by atoms with E-state index < -0.39 is 0 Å². The van der Waals surface area contributed by atoms with Gasteiger partial charge < -0.3 is 10.2 Å². The Labute approximate surface area is 98.3 Å². The van der Waals surface area contributed by atoms with Gasteiger partial charge in [-0.1, -0.05) is 6.07 Å². The smallest absolute Gasteiger partial charge is 0.261 e. The van der Waals surface area contributed by atoms with Crippen molar-refractivity contribution < 1.29 is 9.59 Å². The highest BCUT2D eigenvalue weighted by Gasteiger charge is 2.19. The molecule has 1 aliphatic heterocycles. The summed E-state index contributed by atoms with van der Waals surface area (Å²) in [6.45, 7) is 2.17. The molecule has 16 heavy (non-hydrogen) atoms. The fourth-order valence-corrected chi connectivity index (χ4v) is 2.14. The lowest BCUT2D eigenvalue weighted by Gasteiger charge is -2.30. The van der Waals surface area contributed by atoms with Crippen molar-refractivity contribution in [1.82, 2.24) is 10.2 Å². The first-order valence-electron chi connectivity index (χ1n) is 5.37. The molecular formula is C11H14N2O2S. The normalized spacial score (nSPS) is 14.4. The highest BCUT2D eigenvalue weighted by atomic mass is 32.1. The number of hydrogen-bond acceptors (Lipinski definition) is 3. The number of amides is 2. The van der Waals surface area contributed by atoms with E-state index in [2.05, 4.69) is 5.32 Å². The van der Waals surface area contributed by atoms with Crippen molar-refractivity contribution in [3.8, 4) is 0 Å². The molecule has 0 unspecified atom stereocenters. The van der Waals surface area contributed by atoms with Gasteiger partial charge in [0.2, 0.25) is 5.91 Å². The second kappa shape index (κ2) is 5.12. The molecule has 1 fully saturated rings. The Morgan fingerprint density at radius 3 is 2.81 bits per heavy atom. The molecule has 0 atom stereocenters. The molecule has 0 saturated carbocycles. The van der Waals surface area contributed by atoms with Crippen molar-refractivity contribution in [1.29, 1.82) is 0 Å². The van der Waals surface area contributed by atoms with Crippen LogP contribution in [0.3, 0.4) is 0 Å². The highest BCUT2D eigenvalue weighted by molar-refractivity contribution is 7.12. The molecule has 0 bridgehead atoms. The maximum atomic E-state index is 11.5. The number of carbonyl (C=O) groups excluding carboxylic acids is 2. The van der Waals surface area contributed by atoms with Crippen LogP contribution in [0.15, 0.2) is 17.5 Å². The second-order valence-electron chi connectivity index (χ2n) is 3.72. The van der Waals surface area contributed by atoms with E-state index in [0.717, 1.165) is 19.5 Å². The molecule has 0 aromatic carbocycles. The molecule has 5 heteroatoms. The molecule has 2 rings (SSSR count). The molecule has 86 valence electrons. The Bertz CT molecular complexity index is 371. The van der Waals surface area contributed by atoms with Crippen molar-refractivity contribution in [2.45, 2.75) is 12.8 Å². The quantitative estimate of drug-likeness (QED) is 0.854. The Morgan fingerprint density at radius 1 is 1.44 bits per heavy atom. The number of rotatable bonds is 4. The largest absolute Gasteiger partial charge is 0.351 e. The predicted molar refractivity (Wildman–Crippen MR) is 62.5 cm³/mol. The maximum Gasteiger partial charge on any atom is 0.261 e. The average molecular weight is 238 g/mol. The minimum atomic E-state index is -0.0913. The third-order valence-electron chi connectivity index (χ3n) is 2.58. The van der Waals surface area contributed by atoms with Crippen LogP contribution in [0, 0.1) is 0 Å². The summed E-state index contributed by atoms with van der Waals surface area (Å²) in [5.74, 6) is 0.0455. The van der Waals surface area contributed by atoms with E-state index in [1.807, 2.05) is 16.3 Å². The van der Waals surface area contributed by atoms with Crippen LogP contribution in [-0.4, -0.2) is 36.3 Å². The van der Waals surface area contributed by atoms with Gasteiger partial charge in [0.15, 0.2) is 0 Å². The molecule has 0 aliphatic carbocycles. The first kappa shape index (κ1) is 11.1. The molecule has 1 N–H and O–H groups in total. The van der Waals surface area contributed by atoms with Crippen molar-refractivity contribution in [3.05, 3.63) is 22.4 Å². The fourth-order valence-electron chi connectivity index (χ4n) is 1.50. The van der Waals surface area contributed by atoms with Gasteiger partial charge in [0.1, 0.15) is 0 Å². The monoisotopic (exact) mass is 238 g/mol. The molecule has 1 aromatic heterocycles. The number of nitrogens with zero attached hydrogens (tertiary/aromatic N) is 1. The minimum Gasteiger partial charge on any atom is -0.351 e. The number of carbonyl (C=O) groups is 2. The molecule has 2 amide bonds. The molecule has 0 spiro atoms. The molecule has 0 radical (unpaired) electrons. The summed E-state index contributed by atoms with van der Waals surface area (Å²) >= 11 is 1.40. The predicted octanol–water partition coefficient (Wildman–Crippen LogP) is 1.10. The highest BCUT2D eigenvalue weighted by Crippen LogP contribution is 2.09. The zero-order chi connectivity index (χ0) is 11.4. The molecule has 2 heterocycles. The van der Waals surface area contributed by atoms with E-state index in [4.69, 9.17) is 0 Å². The van der Waals surface area contributed by atoms with Crippen molar-refractivity contribution in [3.63, 3.8) is 0 Å². The van der Waals surface area contributed by atoms with Crippen LogP contribution in [0.5, 0.6) is 0 Å². The van der Waals surface area contributed by atoms with Gasteiger partial charge in [-0.05, 0) is 17.9 Å². The van der Waals surface area contributed by atoms with E-state index in [-0.39, 0.29) is 11.8 Å². The Morgan fingerprint density at radius 2 is 2.25 bits per heavy atom. The Kier molecular flexibility index (Phi) is 3.56. The number of nitrogens with one attached hydrogen (secondary N) is 1. The van der Waals surface area contributed by atoms with Crippen LogP contribution in [-0.2, 0) is 4.79 Å². The summed E-state index contributed by atoms with van der Waals surface area (Å²) < 4.78 is 0. The van der Waals surface area contributed by atoms with E-state index >= 15 is 0 Å². The van der Waals surface area contributed by atoms with Crippen LogP contribution in [0.1, 0.15) is 22.5 Å². The summed E-state index contributed by atoms with van der Waals surface area (Å²) in [4.78, 5) is 25.5. The standard InChI is InChI=1S/C11H14N2O2S/c14-10(13-6-2-7-13)4-5-12-11(15)9-3-1-8-16-9/h1,3,8H,2,4-7H2,(H,12,15). The van der Waals surface area contributed by atoms with Crippen LogP contribution >= 0.6 is 11.3 Å². The Balaban J connectivity index is 1.68. The maximum absolute atomic E-state index is 11.5. The summed E-state index contributed by atoms with van der Waals surface area (Å²) in [6.07, 6.45) is 1.50. The SMILES string of the molecule is O=C(NCCC(=O)N1CCC1)c1cccs1. The van der Waals surface area contributed by atoms with Gasteiger partial charge in [-0.25, -0.2) is 0 Å². The molecule has 1 saturated heterocycles. The Hall–Kier alpha value is -1.36. The lowest BCUT2D eigenvalue weighted by molar-refractivity contribution is -0.134. The van der Waals surface area contributed by atoms with Crippen LogP contribution < -0.4 is 5.32 Å². The molecule has 1 aromatic rings. The van der Waals surface area contributed by atoms with Crippen molar-refractivity contribution in [2.75, 3.05) is 19.6 Å². The fraction of sp³-hybridized carbons (Fsp3) is 0.455. The first-order valence-corrected chi connectivity index (χ1v) is 6.25. The lowest BCUT2D eigenvalue weighted by Crippen LogP contribution is -2.43. The minimum absolute atomic E-state index is 0.0913.